The lowest BCUT2D eigenvalue weighted by molar-refractivity contribution is -0.115. The molecule has 2 aromatic heterocycles. The van der Waals surface area contributed by atoms with Gasteiger partial charge in [-0.2, -0.15) is 16.4 Å². The number of rotatable bonds is 4. The van der Waals surface area contributed by atoms with E-state index < -0.39 is 0 Å². The zero-order valence-corrected chi connectivity index (χ0v) is 11.2. The lowest BCUT2D eigenvalue weighted by Crippen LogP contribution is -2.13. The van der Waals surface area contributed by atoms with Crippen molar-refractivity contribution >= 4 is 22.9 Å². The number of hydrogen-bond donors (Lipinski definition) is 1. The highest BCUT2D eigenvalue weighted by atomic mass is 32.1. The maximum atomic E-state index is 11.8. The molecule has 0 saturated carbocycles. The lowest BCUT2D eigenvalue weighted by Gasteiger charge is -2.06. The predicted molar refractivity (Wildman–Crippen MR) is 73.4 cm³/mol. The van der Waals surface area contributed by atoms with Crippen molar-refractivity contribution in [2.45, 2.75) is 18.9 Å². The maximum Gasteiger partial charge on any atom is 0.228 e. The van der Waals surface area contributed by atoms with Gasteiger partial charge in [0.05, 0.1) is 31.0 Å². The monoisotopic (exact) mass is 277 g/mol. The molecule has 1 fully saturated rings. The summed E-state index contributed by atoms with van der Waals surface area (Å²) in [5.74, 6) is -0.0133. The Morgan fingerprint density at radius 1 is 1.63 bits per heavy atom. The second kappa shape index (κ2) is 5.54. The minimum Gasteiger partial charge on any atom is -0.379 e. The minimum atomic E-state index is -0.0133. The Labute approximate surface area is 115 Å². The van der Waals surface area contributed by atoms with Crippen LogP contribution in [0, 0.1) is 0 Å². The average Bonchev–Trinajstić information content (AvgIpc) is 3.09. The number of ether oxygens (including phenoxy) is 1. The van der Waals surface area contributed by atoms with E-state index in [0.717, 1.165) is 24.3 Å². The molecule has 1 amide bonds. The molecule has 0 spiro atoms. The zero-order chi connectivity index (χ0) is 13.1. The van der Waals surface area contributed by atoms with Crippen LogP contribution in [0.15, 0.2) is 29.2 Å². The van der Waals surface area contributed by atoms with Gasteiger partial charge in [0, 0.05) is 12.8 Å². The molecular weight excluding hydrogens is 262 g/mol. The number of anilines is 1. The number of amides is 1. The first-order chi connectivity index (χ1) is 9.31. The molecule has 1 aliphatic heterocycles. The molecule has 0 aromatic carbocycles. The van der Waals surface area contributed by atoms with Crippen LogP contribution in [-0.2, 0) is 16.0 Å². The van der Waals surface area contributed by atoms with E-state index in [-0.39, 0.29) is 5.91 Å². The topological polar surface area (TPSA) is 56.2 Å². The van der Waals surface area contributed by atoms with Gasteiger partial charge in [-0.3, -0.25) is 9.48 Å². The van der Waals surface area contributed by atoms with Gasteiger partial charge in [0.1, 0.15) is 0 Å². The van der Waals surface area contributed by atoms with E-state index in [0.29, 0.717) is 19.1 Å². The van der Waals surface area contributed by atoms with Gasteiger partial charge in [-0.05, 0) is 28.8 Å². The van der Waals surface area contributed by atoms with Crippen LogP contribution in [0.5, 0.6) is 0 Å². The number of thiophene rings is 1. The third kappa shape index (κ3) is 3.02. The Hall–Kier alpha value is -1.66. The first-order valence-electron chi connectivity index (χ1n) is 6.24. The number of nitrogens with one attached hydrogen (secondary N) is 1. The molecule has 100 valence electrons. The van der Waals surface area contributed by atoms with Crippen molar-refractivity contribution < 1.29 is 9.53 Å². The minimum absolute atomic E-state index is 0.0133. The van der Waals surface area contributed by atoms with Crippen LogP contribution in [0.4, 0.5) is 5.69 Å². The molecule has 0 aliphatic carbocycles. The molecule has 3 heterocycles. The average molecular weight is 277 g/mol. The number of aromatic nitrogens is 2. The number of carbonyl (C=O) groups is 1. The molecule has 19 heavy (non-hydrogen) atoms. The number of hydrogen-bond acceptors (Lipinski definition) is 4. The summed E-state index contributed by atoms with van der Waals surface area (Å²) in [5.41, 5.74) is 1.78. The van der Waals surface area contributed by atoms with Gasteiger partial charge in [0.25, 0.3) is 0 Å². The van der Waals surface area contributed by atoms with Gasteiger partial charge >= 0.3 is 0 Å². The third-order valence-electron chi connectivity index (χ3n) is 3.11. The van der Waals surface area contributed by atoms with Crippen molar-refractivity contribution in [1.82, 2.24) is 9.78 Å². The number of nitrogens with zero attached hydrogens (tertiary/aromatic N) is 2. The second-order valence-electron chi connectivity index (χ2n) is 4.58. The Kier molecular flexibility index (Phi) is 3.61. The molecule has 0 bridgehead atoms. The van der Waals surface area contributed by atoms with E-state index >= 15 is 0 Å². The quantitative estimate of drug-likeness (QED) is 0.931. The summed E-state index contributed by atoms with van der Waals surface area (Å²) >= 11 is 1.60. The first kappa shape index (κ1) is 12.4. The standard InChI is InChI=1S/C13H15N3O2S/c17-13(5-10-2-4-19-9-10)15-11-6-14-16(7-11)12-1-3-18-8-12/h2,4,6-7,9,12H,1,3,5,8H2,(H,15,17). The van der Waals surface area contributed by atoms with Crippen LogP contribution < -0.4 is 5.32 Å². The number of carbonyl (C=O) groups excluding carboxylic acids is 1. The van der Waals surface area contributed by atoms with Gasteiger partial charge < -0.3 is 10.1 Å². The van der Waals surface area contributed by atoms with Crippen LogP contribution >= 0.6 is 11.3 Å². The SMILES string of the molecule is O=C(Cc1ccsc1)Nc1cnn(C2CCOC2)c1. The zero-order valence-electron chi connectivity index (χ0n) is 10.4. The molecule has 2 aromatic rings. The summed E-state index contributed by atoms with van der Waals surface area (Å²) in [7, 11) is 0. The van der Waals surface area contributed by atoms with E-state index in [1.165, 1.54) is 0 Å². The van der Waals surface area contributed by atoms with E-state index in [2.05, 4.69) is 10.4 Å². The molecule has 1 aliphatic rings. The van der Waals surface area contributed by atoms with Crippen LogP contribution in [0.2, 0.25) is 0 Å². The highest BCUT2D eigenvalue weighted by molar-refractivity contribution is 7.08. The van der Waals surface area contributed by atoms with Crippen LogP contribution in [0.1, 0.15) is 18.0 Å². The van der Waals surface area contributed by atoms with E-state index in [4.69, 9.17) is 4.74 Å². The Balaban J connectivity index is 1.59. The summed E-state index contributed by atoms with van der Waals surface area (Å²) in [6, 6.07) is 2.26. The van der Waals surface area contributed by atoms with Gasteiger partial charge in [-0.1, -0.05) is 0 Å². The summed E-state index contributed by atoms with van der Waals surface area (Å²) in [6.45, 7) is 1.48. The Morgan fingerprint density at radius 2 is 2.58 bits per heavy atom. The lowest BCUT2D eigenvalue weighted by atomic mass is 10.2. The van der Waals surface area contributed by atoms with Crippen molar-refractivity contribution in [3.63, 3.8) is 0 Å². The van der Waals surface area contributed by atoms with Crippen molar-refractivity contribution in [3.8, 4) is 0 Å². The highest BCUT2D eigenvalue weighted by Crippen LogP contribution is 2.19. The molecule has 1 unspecified atom stereocenters. The van der Waals surface area contributed by atoms with E-state index in [9.17, 15) is 4.79 Å². The molecule has 6 heteroatoms. The fourth-order valence-electron chi connectivity index (χ4n) is 2.12. The van der Waals surface area contributed by atoms with E-state index in [1.807, 2.05) is 27.7 Å². The normalized spacial score (nSPS) is 18.6. The van der Waals surface area contributed by atoms with Crippen LogP contribution in [0.3, 0.4) is 0 Å². The molecule has 3 rings (SSSR count). The van der Waals surface area contributed by atoms with Crippen molar-refractivity contribution in [2.75, 3.05) is 18.5 Å². The van der Waals surface area contributed by atoms with Gasteiger partial charge in [-0.25, -0.2) is 0 Å². The summed E-state index contributed by atoms with van der Waals surface area (Å²) in [4.78, 5) is 11.8. The van der Waals surface area contributed by atoms with Crippen molar-refractivity contribution in [3.05, 3.63) is 34.8 Å². The third-order valence-corrected chi connectivity index (χ3v) is 3.84. The fourth-order valence-corrected chi connectivity index (χ4v) is 2.79. The molecule has 1 N–H and O–H groups in total. The van der Waals surface area contributed by atoms with Crippen LogP contribution in [-0.4, -0.2) is 28.9 Å². The summed E-state index contributed by atoms with van der Waals surface area (Å²) < 4.78 is 7.19. The summed E-state index contributed by atoms with van der Waals surface area (Å²) in [6.07, 6.45) is 4.93. The Bertz CT molecular complexity index is 544. The molecular formula is C13H15N3O2S. The maximum absolute atomic E-state index is 11.8. The molecule has 1 atom stereocenters. The van der Waals surface area contributed by atoms with Gasteiger partial charge in [0.15, 0.2) is 0 Å². The Morgan fingerprint density at radius 3 is 3.32 bits per heavy atom. The molecule has 0 radical (unpaired) electrons. The van der Waals surface area contributed by atoms with Gasteiger partial charge in [0.2, 0.25) is 5.91 Å². The van der Waals surface area contributed by atoms with E-state index in [1.54, 1.807) is 17.5 Å². The van der Waals surface area contributed by atoms with Crippen LogP contribution in [0.25, 0.3) is 0 Å². The van der Waals surface area contributed by atoms with Gasteiger partial charge in [-0.15, -0.1) is 0 Å². The van der Waals surface area contributed by atoms with Crippen molar-refractivity contribution in [2.24, 2.45) is 0 Å². The molecule has 5 nitrogen and oxygen atoms in total. The summed E-state index contributed by atoms with van der Waals surface area (Å²) in [5, 5.41) is 11.1. The first-order valence-corrected chi connectivity index (χ1v) is 7.18. The largest absolute Gasteiger partial charge is 0.379 e. The fraction of sp³-hybridized carbons (Fsp3) is 0.385. The smallest absolute Gasteiger partial charge is 0.228 e. The predicted octanol–water partition coefficient (Wildman–Crippen LogP) is 2.09. The van der Waals surface area contributed by atoms with Crippen molar-refractivity contribution in [1.29, 1.82) is 0 Å². The highest BCUT2D eigenvalue weighted by Gasteiger charge is 2.18. The molecule has 1 saturated heterocycles. The second-order valence-corrected chi connectivity index (χ2v) is 5.36.